The van der Waals surface area contributed by atoms with Crippen molar-refractivity contribution in [3.05, 3.63) is 0 Å². The monoisotopic (exact) mass is 293 g/mol. The minimum absolute atomic E-state index is 0.0129. The van der Waals surface area contributed by atoms with Gasteiger partial charge in [0.25, 0.3) is 0 Å². The Labute approximate surface area is 116 Å². The first-order chi connectivity index (χ1) is 9.22. The van der Waals surface area contributed by atoms with Crippen LogP contribution in [0.3, 0.4) is 0 Å². The lowest BCUT2D eigenvalue weighted by Crippen LogP contribution is -2.30. The van der Waals surface area contributed by atoms with Gasteiger partial charge in [-0.1, -0.05) is 0 Å². The quantitative estimate of drug-likeness (QED) is 0.140. The van der Waals surface area contributed by atoms with Crippen LogP contribution in [0.25, 0.3) is 0 Å². The van der Waals surface area contributed by atoms with Crippen molar-refractivity contribution in [1.29, 1.82) is 0 Å². The van der Waals surface area contributed by atoms with Gasteiger partial charge in [0.1, 0.15) is 12.1 Å². The molecular formula is C10H23N5O5. The van der Waals surface area contributed by atoms with Crippen molar-refractivity contribution in [3.63, 3.8) is 0 Å². The fourth-order valence-electron chi connectivity index (χ4n) is 0.905. The second kappa shape index (κ2) is 12.1. The summed E-state index contributed by atoms with van der Waals surface area (Å²) in [6, 6.07) is -1.74. The normalized spacial score (nSPS) is 12.6. The van der Waals surface area contributed by atoms with Crippen molar-refractivity contribution in [3.8, 4) is 0 Å². The van der Waals surface area contributed by atoms with Crippen LogP contribution in [0.4, 0.5) is 0 Å². The minimum atomic E-state index is -1.07. The van der Waals surface area contributed by atoms with E-state index in [4.69, 9.17) is 38.3 Å². The van der Waals surface area contributed by atoms with Crippen LogP contribution in [0.2, 0.25) is 0 Å². The number of nitrogens with zero attached hydrogens (tertiary/aromatic N) is 1. The fourth-order valence-corrected chi connectivity index (χ4v) is 0.905. The van der Waals surface area contributed by atoms with E-state index in [-0.39, 0.29) is 19.0 Å². The highest BCUT2D eigenvalue weighted by Crippen LogP contribution is 1.94. The van der Waals surface area contributed by atoms with E-state index in [2.05, 4.69) is 4.99 Å². The molecule has 0 aromatic heterocycles. The zero-order chi connectivity index (χ0) is 16.1. The molecule has 0 aromatic rings. The van der Waals surface area contributed by atoms with Crippen molar-refractivity contribution >= 4 is 17.9 Å². The molecule has 0 aliphatic heterocycles. The molecule has 0 saturated heterocycles. The molecule has 10 nitrogen and oxygen atoms in total. The summed E-state index contributed by atoms with van der Waals surface area (Å²) in [6.07, 6.45) is 1.08. The van der Waals surface area contributed by atoms with Gasteiger partial charge in [-0.3, -0.25) is 14.6 Å². The summed E-state index contributed by atoms with van der Waals surface area (Å²) in [5.41, 5.74) is 20.3. The van der Waals surface area contributed by atoms with Gasteiger partial charge in [-0.25, -0.2) is 0 Å². The SMILES string of the molecule is NC(N)=NCCC[C@H](N)C(=O)O.N[C@@H](CCO)C(=O)O. The average molecular weight is 293 g/mol. The van der Waals surface area contributed by atoms with E-state index < -0.39 is 24.0 Å². The smallest absolute Gasteiger partial charge is 0.320 e. The Bertz CT molecular complexity index is 319. The molecule has 2 atom stereocenters. The fraction of sp³-hybridized carbons (Fsp3) is 0.700. The van der Waals surface area contributed by atoms with Crippen LogP contribution in [-0.2, 0) is 9.59 Å². The Morgan fingerprint density at radius 2 is 1.45 bits per heavy atom. The lowest BCUT2D eigenvalue weighted by atomic mass is 10.2. The Hall–Kier alpha value is -1.91. The second-order valence-electron chi connectivity index (χ2n) is 3.85. The number of hydrogen-bond acceptors (Lipinski definition) is 6. The number of aliphatic carboxylic acids is 2. The van der Waals surface area contributed by atoms with E-state index in [0.717, 1.165) is 0 Å². The highest BCUT2D eigenvalue weighted by molar-refractivity contribution is 5.75. The third-order valence-corrected chi connectivity index (χ3v) is 2.04. The number of guanidine groups is 1. The van der Waals surface area contributed by atoms with E-state index in [1.54, 1.807) is 0 Å². The highest BCUT2D eigenvalue weighted by Gasteiger charge is 2.09. The van der Waals surface area contributed by atoms with E-state index in [0.29, 0.717) is 19.4 Å². The maximum absolute atomic E-state index is 10.2. The van der Waals surface area contributed by atoms with Gasteiger partial charge in [0.15, 0.2) is 5.96 Å². The molecular weight excluding hydrogens is 270 g/mol. The van der Waals surface area contributed by atoms with E-state index in [1.165, 1.54) is 0 Å². The number of carboxylic acid groups (broad SMARTS) is 2. The van der Waals surface area contributed by atoms with Crippen LogP contribution in [0, 0.1) is 0 Å². The van der Waals surface area contributed by atoms with Gasteiger partial charge in [-0.15, -0.1) is 0 Å². The maximum atomic E-state index is 10.2. The van der Waals surface area contributed by atoms with Gasteiger partial charge >= 0.3 is 11.9 Å². The van der Waals surface area contributed by atoms with Crippen LogP contribution in [0.5, 0.6) is 0 Å². The lowest BCUT2D eigenvalue weighted by molar-refractivity contribution is -0.139. The zero-order valence-electron chi connectivity index (χ0n) is 11.1. The van der Waals surface area contributed by atoms with Crippen LogP contribution >= 0.6 is 0 Å². The highest BCUT2D eigenvalue weighted by atomic mass is 16.4. The first-order valence-corrected chi connectivity index (χ1v) is 5.85. The van der Waals surface area contributed by atoms with Gasteiger partial charge in [0, 0.05) is 13.2 Å². The van der Waals surface area contributed by atoms with Crippen LogP contribution in [0.1, 0.15) is 19.3 Å². The van der Waals surface area contributed by atoms with Gasteiger partial charge in [-0.05, 0) is 19.3 Å². The number of aliphatic hydroxyl groups excluding tert-OH is 1. The molecule has 0 rings (SSSR count). The van der Waals surface area contributed by atoms with Gasteiger partial charge in [0.05, 0.1) is 0 Å². The predicted molar refractivity (Wildman–Crippen MR) is 72.8 cm³/mol. The molecule has 0 bridgehead atoms. The molecule has 118 valence electrons. The Morgan fingerprint density at radius 3 is 1.75 bits per heavy atom. The molecule has 0 spiro atoms. The molecule has 0 heterocycles. The van der Waals surface area contributed by atoms with Crippen LogP contribution in [0.15, 0.2) is 4.99 Å². The number of hydrogen-bond donors (Lipinski definition) is 7. The van der Waals surface area contributed by atoms with E-state index in [1.807, 2.05) is 0 Å². The largest absolute Gasteiger partial charge is 0.480 e. The van der Waals surface area contributed by atoms with Crippen molar-refractivity contribution in [1.82, 2.24) is 0 Å². The van der Waals surface area contributed by atoms with Gasteiger partial charge in [0.2, 0.25) is 0 Å². The third-order valence-electron chi connectivity index (χ3n) is 2.04. The summed E-state index contributed by atoms with van der Waals surface area (Å²) >= 11 is 0. The first-order valence-electron chi connectivity index (χ1n) is 5.85. The van der Waals surface area contributed by atoms with Crippen LogP contribution in [-0.4, -0.2) is 58.5 Å². The van der Waals surface area contributed by atoms with Gasteiger partial charge < -0.3 is 38.3 Å². The van der Waals surface area contributed by atoms with Gasteiger partial charge in [-0.2, -0.15) is 0 Å². The Morgan fingerprint density at radius 1 is 1.00 bits per heavy atom. The molecule has 0 aliphatic rings. The molecule has 0 radical (unpaired) electrons. The standard InChI is InChI=1S/C6H14N4O2.C4H9NO3/c7-4(5(11)12)2-1-3-10-6(8)9;5-3(1-2-6)4(7)8/h4H,1-3,7H2,(H,11,12)(H4,8,9,10);3,6H,1-2,5H2,(H,7,8)/t4-;3-/m00/s1. The number of rotatable bonds is 8. The van der Waals surface area contributed by atoms with Crippen molar-refractivity contribution < 1.29 is 24.9 Å². The summed E-state index contributed by atoms with van der Waals surface area (Å²) in [4.78, 5) is 23.7. The molecule has 0 saturated carbocycles. The molecule has 0 aliphatic carbocycles. The zero-order valence-corrected chi connectivity index (χ0v) is 11.1. The average Bonchev–Trinajstić information content (AvgIpc) is 2.34. The molecule has 0 amide bonds. The molecule has 11 N–H and O–H groups in total. The van der Waals surface area contributed by atoms with Crippen molar-refractivity contribution in [2.24, 2.45) is 27.9 Å². The summed E-state index contributed by atoms with van der Waals surface area (Å²) in [7, 11) is 0. The summed E-state index contributed by atoms with van der Waals surface area (Å²) < 4.78 is 0. The Balaban J connectivity index is 0. The predicted octanol–water partition coefficient (Wildman–Crippen LogP) is -2.77. The van der Waals surface area contributed by atoms with E-state index >= 15 is 0 Å². The number of aliphatic hydroxyl groups is 1. The first kappa shape index (κ1) is 20.4. The number of carbonyl (C=O) groups is 2. The summed E-state index contributed by atoms with van der Waals surface area (Å²) in [6.45, 7) is 0.247. The number of carboxylic acids is 2. The van der Waals surface area contributed by atoms with Crippen LogP contribution < -0.4 is 22.9 Å². The summed E-state index contributed by atoms with van der Waals surface area (Å²) in [5, 5.41) is 24.6. The minimum Gasteiger partial charge on any atom is -0.480 e. The molecule has 20 heavy (non-hydrogen) atoms. The number of aliphatic imine (C=N–C) groups is 1. The van der Waals surface area contributed by atoms with Crippen molar-refractivity contribution in [2.75, 3.05) is 13.2 Å². The maximum Gasteiger partial charge on any atom is 0.320 e. The van der Waals surface area contributed by atoms with Crippen molar-refractivity contribution in [2.45, 2.75) is 31.3 Å². The lowest BCUT2D eigenvalue weighted by Gasteiger charge is -2.03. The summed E-state index contributed by atoms with van der Waals surface area (Å²) in [5.74, 6) is -2.06. The third kappa shape index (κ3) is 14.2. The van der Waals surface area contributed by atoms with E-state index in [9.17, 15) is 9.59 Å². The molecule has 0 aromatic carbocycles. The number of nitrogens with two attached hydrogens (primary N) is 4. The second-order valence-corrected chi connectivity index (χ2v) is 3.85. The molecule has 0 fully saturated rings. The molecule has 10 heteroatoms. The topological polar surface area (TPSA) is 211 Å². The molecule has 0 unspecified atom stereocenters. The Kier molecular flexibility index (Phi) is 12.4.